The van der Waals surface area contributed by atoms with Crippen LogP contribution in [0.1, 0.15) is 20.9 Å². The van der Waals surface area contributed by atoms with E-state index in [0.29, 0.717) is 10.6 Å². The van der Waals surface area contributed by atoms with Gasteiger partial charge in [0, 0.05) is 12.4 Å². The van der Waals surface area contributed by atoms with E-state index in [9.17, 15) is 4.79 Å². The summed E-state index contributed by atoms with van der Waals surface area (Å²) in [6, 6.07) is 11.7. The molecule has 0 aliphatic heterocycles. The highest BCUT2D eigenvalue weighted by atomic mass is 32.1. The maximum absolute atomic E-state index is 12.4. The highest BCUT2D eigenvalue weighted by Gasteiger charge is 2.15. The van der Waals surface area contributed by atoms with Gasteiger partial charge in [0.2, 0.25) is 0 Å². The SMILES string of the molecule is C=CCc1ccccc1OCC#CCNC(=O)c1sc(-n2cccc2)nc1C. The minimum absolute atomic E-state index is 0.167. The second-order valence-corrected chi connectivity index (χ2v) is 6.90. The van der Waals surface area contributed by atoms with Crippen LogP contribution >= 0.6 is 11.3 Å². The van der Waals surface area contributed by atoms with Gasteiger partial charge in [0.05, 0.1) is 12.2 Å². The summed E-state index contributed by atoms with van der Waals surface area (Å²) in [7, 11) is 0. The number of rotatable bonds is 7. The lowest BCUT2D eigenvalue weighted by atomic mass is 10.1. The van der Waals surface area contributed by atoms with Crippen molar-refractivity contribution in [2.24, 2.45) is 0 Å². The zero-order valence-corrected chi connectivity index (χ0v) is 16.5. The number of carbonyl (C=O) groups excluding carboxylic acids is 1. The van der Waals surface area contributed by atoms with E-state index in [1.807, 2.05) is 66.4 Å². The lowest BCUT2D eigenvalue weighted by Gasteiger charge is -2.07. The van der Waals surface area contributed by atoms with Gasteiger partial charge in [-0.3, -0.25) is 4.79 Å². The molecular weight excluding hydrogens is 370 g/mol. The first-order valence-electron chi connectivity index (χ1n) is 8.85. The summed E-state index contributed by atoms with van der Waals surface area (Å²) in [4.78, 5) is 17.4. The van der Waals surface area contributed by atoms with Crippen molar-refractivity contribution in [2.45, 2.75) is 13.3 Å². The van der Waals surface area contributed by atoms with E-state index in [1.54, 1.807) is 0 Å². The Morgan fingerprint density at radius 1 is 1.29 bits per heavy atom. The predicted octanol–water partition coefficient (Wildman–Crippen LogP) is 3.78. The Kier molecular flexibility index (Phi) is 6.66. The van der Waals surface area contributed by atoms with E-state index in [2.05, 4.69) is 28.7 Å². The van der Waals surface area contributed by atoms with Crippen LogP contribution in [-0.4, -0.2) is 28.6 Å². The Morgan fingerprint density at radius 2 is 2.07 bits per heavy atom. The molecule has 0 atom stereocenters. The third kappa shape index (κ3) is 4.90. The van der Waals surface area contributed by atoms with E-state index >= 15 is 0 Å². The number of hydrogen-bond acceptors (Lipinski definition) is 4. The summed E-state index contributed by atoms with van der Waals surface area (Å²) in [5.74, 6) is 6.47. The normalized spacial score (nSPS) is 10.0. The van der Waals surface area contributed by atoms with Gasteiger partial charge in [0.1, 0.15) is 17.2 Å². The standard InChI is InChI=1S/C22H21N3O2S/c1-3-10-18-11-4-5-12-19(18)27-16-9-6-13-23-21(26)20-17(2)24-22(28-20)25-14-7-8-15-25/h3-5,7-8,11-12,14-15H,1,10,13,16H2,2H3,(H,23,26). The van der Waals surface area contributed by atoms with Gasteiger partial charge < -0.3 is 14.6 Å². The molecule has 0 fully saturated rings. The topological polar surface area (TPSA) is 56.1 Å². The number of carbonyl (C=O) groups is 1. The van der Waals surface area contributed by atoms with Crippen molar-refractivity contribution in [2.75, 3.05) is 13.2 Å². The number of nitrogens with one attached hydrogen (secondary N) is 1. The maximum atomic E-state index is 12.4. The molecule has 28 heavy (non-hydrogen) atoms. The van der Waals surface area contributed by atoms with E-state index in [0.717, 1.165) is 22.9 Å². The van der Waals surface area contributed by atoms with E-state index in [-0.39, 0.29) is 19.1 Å². The molecule has 0 radical (unpaired) electrons. The molecule has 142 valence electrons. The number of nitrogens with zero attached hydrogens (tertiary/aromatic N) is 2. The first kappa shape index (κ1) is 19.5. The first-order chi connectivity index (χ1) is 13.7. The smallest absolute Gasteiger partial charge is 0.264 e. The van der Waals surface area contributed by atoms with Crippen LogP contribution in [-0.2, 0) is 6.42 Å². The Hall–Kier alpha value is -3.30. The molecule has 0 bridgehead atoms. The zero-order valence-electron chi connectivity index (χ0n) is 15.6. The summed E-state index contributed by atoms with van der Waals surface area (Å²) in [6.45, 7) is 6.11. The fourth-order valence-electron chi connectivity index (χ4n) is 2.57. The van der Waals surface area contributed by atoms with Crippen molar-refractivity contribution in [3.63, 3.8) is 0 Å². The number of para-hydroxylation sites is 1. The van der Waals surface area contributed by atoms with Crippen molar-refractivity contribution >= 4 is 17.2 Å². The number of hydrogen-bond donors (Lipinski definition) is 1. The summed E-state index contributed by atoms with van der Waals surface area (Å²) >= 11 is 1.36. The third-order valence-corrected chi connectivity index (χ3v) is 5.09. The molecular formula is C22H21N3O2S. The minimum atomic E-state index is -0.167. The Labute approximate surface area is 168 Å². The molecule has 5 nitrogen and oxygen atoms in total. The first-order valence-corrected chi connectivity index (χ1v) is 9.67. The van der Waals surface area contributed by atoms with Crippen molar-refractivity contribution in [3.05, 3.63) is 77.6 Å². The number of ether oxygens (including phenoxy) is 1. The molecule has 2 aromatic heterocycles. The van der Waals surface area contributed by atoms with Gasteiger partial charge in [0.25, 0.3) is 5.91 Å². The van der Waals surface area contributed by atoms with Gasteiger partial charge in [-0.2, -0.15) is 0 Å². The van der Waals surface area contributed by atoms with E-state index in [1.165, 1.54) is 11.3 Å². The summed E-state index contributed by atoms with van der Waals surface area (Å²) in [5.41, 5.74) is 1.79. The third-order valence-electron chi connectivity index (χ3n) is 3.92. The monoisotopic (exact) mass is 391 g/mol. The summed E-state index contributed by atoms with van der Waals surface area (Å²) in [6.07, 6.45) is 6.39. The Bertz CT molecular complexity index is 1010. The molecule has 0 saturated heterocycles. The molecule has 1 amide bonds. The number of aromatic nitrogens is 2. The van der Waals surface area contributed by atoms with Crippen LogP contribution in [0.25, 0.3) is 5.13 Å². The van der Waals surface area contributed by atoms with Crippen LogP contribution in [0.5, 0.6) is 5.75 Å². The molecule has 0 aliphatic carbocycles. The zero-order chi connectivity index (χ0) is 19.8. The molecule has 3 aromatic rings. The highest BCUT2D eigenvalue weighted by molar-refractivity contribution is 7.16. The molecule has 0 spiro atoms. The quantitative estimate of drug-likeness (QED) is 0.493. The molecule has 2 heterocycles. The fraction of sp³-hybridized carbons (Fsp3) is 0.182. The number of aryl methyl sites for hydroxylation is 1. The largest absolute Gasteiger partial charge is 0.481 e. The van der Waals surface area contributed by atoms with Crippen molar-refractivity contribution in [1.29, 1.82) is 0 Å². The van der Waals surface area contributed by atoms with Crippen LogP contribution in [0, 0.1) is 18.8 Å². The maximum Gasteiger partial charge on any atom is 0.264 e. The molecule has 6 heteroatoms. The lowest BCUT2D eigenvalue weighted by Crippen LogP contribution is -2.23. The number of amides is 1. The van der Waals surface area contributed by atoms with Crippen LogP contribution in [0.15, 0.2) is 61.4 Å². The Morgan fingerprint density at radius 3 is 2.86 bits per heavy atom. The van der Waals surface area contributed by atoms with Crippen LogP contribution in [0.2, 0.25) is 0 Å². The minimum Gasteiger partial charge on any atom is -0.481 e. The summed E-state index contributed by atoms with van der Waals surface area (Å²) in [5, 5.41) is 3.58. The molecule has 0 aliphatic rings. The van der Waals surface area contributed by atoms with Gasteiger partial charge in [-0.05, 0) is 37.1 Å². The van der Waals surface area contributed by atoms with Gasteiger partial charge in [0.15, 0.2) is 5.13 Å². The highest BCUT2D eigenvalue weighted by Crippen LogP contribution is 2.21. The van der Waals surface area contributed by atoms with Gasteiger partial charge in [-0.15, -0.1) is 6.58 Å². The van der Waals surface area contributed by atoms with Crippen LogP contribution < -0.4 is 10.1 Å². The van der Waals surface area contributed by atoms with Gasteiger partial charge in [-0.25, -0.2) is 4.98 Å². The van der Waals surface area contributed by atoms with Crippen molar-refractivity contribution < 1.29 is 9.53 Å². The van der Waals surface area contributed by atoms with Crippen molar-refractivity contribution in [3.8, 4) is 22.7 Å². The van der Waals surface area contributed by atoms with E-state index < -0.39 is 0 Å². The van der Waals surface area contributed by atoms with Crippen LogP contribution in [0.3, 0.4) is 0 Å². The number of benzene rings is 1. The predicted molar refractivity (Wildman–Crippen MR) is 112 cm³/mol. The van der Waals surface area contributed by atoms with Gasteiger partial charge >= 0.3 is 0 Å². The lowest BCUT2D eigenvalue weighted by molar-refractivity contribution is 0.0962. The number of thiazole rings is 1. The van der Waals surface area contributed by atoms with Gasteiger partial charge in [-0.1, -0.05) is 47.5 Å². The Balaban J connectivity index is 1.50. The van der Waals surface area contributed by atoms with Crippen LogP contribution in [0.4, 0.5) is 0 Å². The van der Waals surface area contributed by atoms with Crippen molar-refractivity contribution in [1.82, 2.24) is 14.9 Å². The van der Waals surface area contributed by atoms with E-state index in [4.69, 9.17) is 4.74 Å². The second kappa shape index (κ2) is 9.58. The molecule has 1 N–H and O–H groups in total. The number of allylic oxidation sites excluding steroid dienone is 1. The molecule has 3 rings (SSSR count). The molecule has 0 unspecified atom stereocenters. The fourth-order valence-corrected chi connectivity index (χ4v) is 3.52. The summed E-state index contributed by atoms with van der Waals surface area (Å²) < 4.78 is 7.59. The molecule has 1 aromatic carbocycles. The average molecular weight is 391 g/mol. The second-order valence-electron chi connectivity index (χ2n) is 5.93. The molecule has 0 saturated carbocycles. The average Bonchev–Trinajstić information content (AvgIpc) is 3.35.